The van der Waals surface area contributed by atoms with Crippen LogP contribution in [-0.2, 0) is 0 Å². The van der Waals surface area contributed by atoms with Crippen molar-refractivity contribution in [1.82, 2.24) is 15.0 Å². The molecule has 19 heavy (non-hydrogen) atoms. The average molecular weight is 264 g/mol. The minimum absolute atomic E-state index is 0.121. The second-order valence-corrected chi connectivity index (χ2v) is 5.56. The number of hydrogen-bond donors (Lipinski definition) is 1. The summed E-state index contributed by atoms with van der Waals surface area (Å²) >= 11 is 0. The fourth-order valence-corrected chi connectivity index (χ4v) is 2.48. The minimum atomic E-state index is 0.121. The highest BCUT2D eigenvalue weighted by molar-refractivity contribution is 5.36. The van der Waals surface area contributed by atoms with Crippen molar-refractivity contribution in [2.45, 2.75) is 65.1 Å². The van der Waals surface area contributed by atoms with Gasteiger partial charge in [0, 0.05) is 18.2 Å². The fourth-order valence-electron chi connectivity index (χ4n) is 2.48. The van der Waals surface area contributed by atoms with Crippen LogP contribution in [0.2, 0.25) is 0 Å². The SMILES string of the molecule is CC(C)Oc1cc(NN2C(C)CCCC2C)ncn1. The molecule has 0 radical (unpaired) electrons. The molecule has 0 spiro atoms. The van der Waals surface area contributed by atoms with Gasteiger partial charge in [0.15, 0.2) is 0 Å². The number of nitrogens with zero attached hydrogens (tertiary/aromatic N) is 3. The number of aromatic nitrogens is 2. The van der Waals surface area contributed by atoms with Crippen LogP contribution < -0.4 is 10.2 Å². The number of piperidine rings is 1. The van der Waals surface area contributed by atoms with E-state index in [1.807, 2.05) is 19.9 Å². The summed E-state index contributed by atoms with van der Waals surface area (Å²) < 4.78 is 5.59. The van der Waals surface area contributed by atoms with E-state index < -0.39 is 0 Å². The molecule has 1 saturated heterocycles. The lowest BCUT2D eigenvalue weighted by atomic mass is 10.00. The highest BCUT2D eigenvalue weighted by Crippen LogP contribution is 2.23. The molecule has 0 bridgehead atoms. The number of hydrogen-bond acceptors (Lipinski definition) is 5. The van der Waals surface area contributed by atoms with Crippen molar-refractivity contribution in [2.24, 2.45) is 0 Å². The Labute approximate surface area is 115 Å². The third-order valence-corrected chi connectivity index (χ3v) is 3.44. The van der Waals surface area contributed by atoms with E-state index in [0.29, 0.717) is 18.0 Å². The van der Waals surface area contributed by atoms with E-state index in [0.717, 1.165) is 5.82 Å². The second-order valence-electron chi connectivity index (χ2n) is 5.56. The molecule has 1 aliphatic heterocycles. The molecule has 1 aliphatic rings. The van der Waals surface area contributed by atoms with Gasteiger partial charge in [-0.15, -0.1) is 0 Å². The summed E-state index contributed by atoms with van der Waals surface area (Å²) in [4.78, 5) is 8.38. The van der Waals surface area contributed by atoms with Crippen molar-refractivity contribution in [1.29, 1.82) is 0 Å². The zero-order valence-electron chi connectivity index (χ0n) is 12.3. The zero-order valence-corrected chi connectivity index (χ0v) is 12.3. The lowest BCUT2D eigenvalue weighted by molar-refractivity contribution is 0.135. The molecule has 0 amide bonds. The Bertz CT molecular complexity index is 400. The highest BCUT2D eigenvalue weighted by Gasteiger charge is 2.24. The zero-order chi connectivity index (χ0) is 13.8. The van der Waals surface area contributed by atoms with Crippen LogP contribution in [0.5, 0.6) is 5.88 Å². The molecule has 0 saturated carbocycles. The molecular formula is C14H24N4O. The van der Waals surface area contributed by atoms with E-state index in [-0.39, 0.29) is 6.10 Å². The van der Waals surface area contributed by atoms with Crippen molar-refractivity contribution in [3.63, 3.8) is 0 Å². The first-order valence-corrected chi connectivity index (χ1v) is 7.10. The molecular weight excluding hydrogens is 240 g/mol. The van der Waals surface area contributed by atoms with E-state index in [4.69, 9.17) is 4.74 Å². The maximum atomic E-state index is 5.59. The molecule has 1 N–H and O–H groups in total. The Hall–Kier alpha value is -1.36. The van der Waals surface area contributed by atoms with Gasteiger partial charge in [-0.2, -0.15) is 0 Å². The van der Waals surface area contributed by atoms with Crippen molar-refractivity contribution in [3.05, 3.63) is 12.4 Å². The van der Waals surface area contributed by atoms with Crippen molar-refractivity contribution < 1.29 is 4.74 Å². The number of ether oxygens (including phenoxy) is 1. The largest absolute Gasteiger partial charge is 0.475 e. The van der Waals surface area contributed by atoms with Crippen molar-refractivity contribution in [3.8, 4) is 5.88 Å². The molecule has 106 valence electrons. The van der Waals surface area contributed by atoms with Crippen LogP contribution in [0.1, 0.15) is 47.0 Å². The molecule has 0 aliphatic carbocycles. The first kappa shape index (κ1) is 14.1. The standard InChI is InChI=1S/C14H24N4O/c1-10(2)19-14-8-13(15-9-16-14)17-18-11(3)6-5-7-12(18)4/h8-12H,5-7H2,1-4H3,(H,15,16,17). The first-order valence-electron chi connectivity index (χ1n) is 7.10. The van der Waals surface area contributed by atoms with Gasteiger partial charge in [0.2, 0.25) is 5.88 Å². The van der Waals surface area contributed by atoms with Crippen molar-refractivity contribution in [2.75, 3.05) is 5.43 Å². The number of anilines is 1. The normalized spacial score (nSPS) is 24.5. The van der Waals surface area contributed by atoms with Gasteiger partial charge in [0.25, 0.3) is 0 Å². The number of hydrazine groups is 1. The van der Waals surface area contributed by atoms with Crippen LogP contribution in [0.15, 0.2) is 12.4 Å². The highest BCUT2D eigenvalue weighted by atomic mass is 16.5. The van der Waals surface area contributed by atoms with Crippen LogP contribution in [0, 0.1) is 0 Å². The predicted molar refractivity (Wildman–Crippen MR) is 76.0 cm³/mol. The lowest BCUT2D eigenvalue weighted by Crippen LogP contribution is -2.47. The topological polar surface area (TPSA) is 50.3 Å². The minimum Gasteiger partial charge on any atom is -0.475 e. The van der Waals surface area contributed by atoms with Crippen LogP contribution in [-0.4, -0.2) is 33.2 Å². The summed E-state index contributed by atoms with van der Waals surface area (Å²) in [6, 6.07) is 2.90. The van der Waals surface area contributed by atoms with Gasteiger partial charge in [0.05, 0.1) is 6.10 Å². The molecule has 2 rings (SSSR count). The molecule has 1 aromatic heterocycles. The van der Waals surface area contributed by atoms with E-state index >= 15 is 0 Å². The number of nitrogens with one attached hydrogen (secondary N) is 1. The van der Waals surface area contributed by atoms with Gasteiger partial charge in [-0.3, -0.25) is 0 Å². The summed E-state index contributed by atoms with van der Waals surface area (Å²) in [5.41, 5.74) is 3.40. The first-order chi connectivity index (χ1) is 9.06. The summed E-state index contributed by atoms with van der Waals surface area (Å²) in [6.45, 7) is 8.47. The smallest absolute Gasteiger partial charge is 0.218 e. The molecule has 5 nitrogen and oxygen atoms in total. The fraction of sp³-hybridized carbons (Fsp3) is 0.714. The molecule has 2 heterocycles. The third kappa shape index (κ3) is 3.80. The molecule has 0 aromatic carbocycles. The van der Waals surface area contributed by atoms with E-state index in [2.05, 4.69) is 34.3 Å². The Morgan fingerprint density at radius 3 is 2.58 bits per heavy atom. The van der Waals surface area contributed by atoms with Gasteiger partial charge in [-0.25, -0.2) is 15.0 Å². The van der Waals surface area contributed by atoms with E-state index in [9.17, 15) is 0 Å². The van der Waals surface area contributed by atoms with E-state index in [1.165, 1.54) is 19.3 Å². The third-order valence-electron chi connectivity index (χ3n) is 3.44. The Morgan fingerprint density at radius 2 is 1.95 bits per heavy atom. The summed E-state index contributed by atoms with van der Waals surface area (Å²) in [6.07, 6.45) is 5.40. The number of rotatable bonds is 4. The molecule has 1 aromatic rings. The van der Waals surface area contributed by atoms with E-state index in [1.54, 1.807) is 6.33 Å². The summed E-state index contributed by atoms with van der Waals surface area (Å²) in [5, 5.41) is 2.28. The van der Waals surface area contributed by atoms with Crippen LogP contribution in [0.3, 0.4) is 0 Å². The molecule has 1 fully saturated rings. The second kappa shape index (κ2) is 6.19. The van der Waals surface area contributed by atoms with Gasteiger partial charge in [0.1, 0.15) is 12.1 Å². The van der Waals surface area contributed by atoms with Crippen LogP contribution in [0.4, 0.5) is 5.82 Å². The lowest BCUT2D eigenvalue weighted by Gasteiger charge is -2.39. The Kier molecular flexibility index (Phi) is 4.58. The van der Waals surface area contributed by atoms with Gasteiger partial charge < -0.3 is 10.2 Å². The quantitative estimate of drug-likeness (QED) is 0.906. The summed E-state index contributed by atoms with van der Waals surface area (Å²) in [5.74, 6) is 1.41. The molecule has 2 atom stereocenters. The average Bonchev–Trinajstić information content (AvgIpc) is 2.34. The van der Waals surface area contributed by atoms with Crippen molar-refractivity contribution >= 4 is 5.82 Å². The van der Waals surface area contributed by atoms with Gasteiger partial charge in [-0.05, 0) is 40.5 Å². The predicted octanol–water partition coefficient (Wildman–Crippen LogP) is 2.85. The maximum Gasteiger partial charge on any atom is 0.218 e. The van der Waals surface area contributed by atoms with Crippen LogP contribution >= 0.6 is 0 Å². The Morgan fingerprint density at radius 1 is 1.26 bits per heavy atom. The van der Waals surface area contributed by atoms with Gasteiger partial charge in [-0.1, -0.05) is 6.42 Å². The molecule has 2 unspecified atom stereocenters. The Balaban J connectivity index is 2.05. The maximum absolute atomic E-state index is 5.59. The molecule has 5 heteroatoms. The monoisotopic (exact) mass is 264 g/mol. The van der Waals surface area contributed by atoms with Gasteiger partial charge >= 0.3 is 0 Å². The van der Waals surface area contributed by atoms with Crippen LogP contribution in [0.25, 0.3) is 0 Å². The summed E-state index contributed by atoms with van der Waals surface area (Å²) in [7, 11) is 0.